The van der Waals surface area contributed by atoms with E-state index in [-0.39, 0.29) is 5.92 Å². The van der Waals surface area contributed by atoms with Crippen LogP contribution in [0.4, 0.5) is 0 Å². The molecular weight excluding hydrogens is 122 g/mol. The Bertz CT molecular complexity index is 130. The molecule has 1 atom stereocenters. The zero-order valence-corrected chi connectivity index (χ0v) is 6.80. The summed E-state index contributed by atoms with van der Waals surface area (Å²) in [6.07, 6.45) is 7.43. The molecule has 0 N–H and O–H groups in total. The third-order valence-corrected chi connectivity index (χ3v) is 1.39. The van der Waals surface area contributed by atoms with Crippen LogP contribution >= 0.6 is 0 Å². The molecule has 1 unspecified atom stereocenters. The van der Waals surface area contributed by atoms with Crippen LogP contribution in [0.3, 0.4) is 0 Å². The van der Waals surface area contributed by atoms with Gasteiger partial charge in [0.25, 0.3) is 0 Å². The van der Waals surface area contributed by atoms with Crippen molar-refractivity contribution in [3.63, 3.8) is 0 Å². The highest BCUT2D eigenvalue weighted by molar-refractivity contribution is 4.85. The number of allylic oxidation sites excluding steroid dienone is 2. The third kappa shape index (κ3) is 5.37. The molecule has 0 aromatic heterocycles. The van der Waals surface area contributed by atoms with E-state index in [9.17, 15) is 0 Å². The minimum absolute atomic E-state index is 0.210. The molecule has 0 aromatic carbocycles. The van der Waals surface area contributed by atoms with E-state index in [1.807, 2.05) is 6.92 Å². The lowest BCUT2D eigenvalue weighted by molar-refractivity contribution is 0.670. The van der Waals surface area contributed by atoms with Crippen LogP contribution < -0.4 is 0 Å². The Labute approximate surface area is 63.4 Å². The molecule has 0 fully saturated rings. The largest absolute Gasteiger partial charge is 0.198 e. The second-order valence-electron chi connectivity index (χ2n) is 2.49. The van der Waals surface area contributed by atoms with Crippen molar-refractivity contribution in [2.75, 3.05) is 0 Å². The van der Waals surface area contributed by atoms with Crippen molar-refractivity contribution in [3.8, 4) is 6.07 Å². The molecular formula is C9H15N. The van der Waals surface area contributed by atoms with E-state index < -0.39 is 0 Å². The van der Waals surface area contributed by atoms with Gasteiger partial charge in [-0.15, -0.1) is 0 Å². The highest BCUT2D eigenvalue weighted by Crippen LogP contribution is 2.03. The average Bonchev–Trinajstić information content (AvgIpc) is 1.98. The molecule has 0 saturated heterocycles. The summed E-state index contributed by atoms with van der Waals surface area (Å²) in [4.78, 5) is 0. The minimum atomic E-state index is 0.210. The predicted octanol–water partition coefficient (Wildman–Crippen LogP) is 2.89. The molecule has 0 rings (SSSR count). The van der Waals surface area contributed by atoms with Gasteiger partial charge in [-0.05, 0) is 26.2 Å². The highest BCUT2D eigenvalue weighted by atomic mass is 14.2. The quantitative estimate of drug-likeness (QED) is 0.546. The molecule has 0 radical (unpaired) electrons. The first kappa shape index (κ1) is 9.23. The van der Waals surface area contributed by atoms with Crippen molar-refractivity contribution >= 4 is 0 Å². The number of hydrogen-bond acceptors (Lipinski definition) is 1. The molecule has 1 heteroatoms. The summed E-state index contributed by atoms with van der Waals surface area (Å²) in [5.41, 5.74) is 0. The van der Waals surface area contributed by atoms with E-state index in [0.29, 0.717) is 0 Å². The van der Waals surface area contributed by atoms with Crippen molar-refractivity contribution in [2.24, 2.45) is 5.92 Å². The Kier molecular flexibility index (Phi) is 5.86. The van der Waals surface area contributed by atoms with Gasteiger partial charge in [0.05, 0.1) is 6.07 Å². The van der Waals surface area contributed by atoms with Crippen LogP contribution in [0, 0.1) is 17.2 Å². The average molecular weight is 137 g/mol. The van der Waals surface area contributed by atoms with Crippen molar-refractivity contribution in [1.29, 1.82) is 5.26 Å². The Morgan fingerprint density at radius 3 is 2.70 bits per heavy atom. The van der Waals surface area contributed by atoms with Crippen LogP contribution in [0.5, 0.6) is 0 Å². The summed E-state index contributed by atoms with van der Waals surface area (Å²) >= 11 is 0. The minimum Gasteiger partial charge on any atom is -0.198 e. The van der Waals surface area contributed by atoms with Crippen LogP contribution in [0.1, 0.15) is 33.1 Å². The highest BCUT2D eigenvalue weighted by Gasteiger charge is 1.94. The van der Waals surface area contributed by atoms with Crippen molar-refractivity contribution in [1.82, 2.24) is 0 Å². The SMILES string of the molecule is CC/C=C\CCC(C)C#N. The van der Waals surface area contributed by atoms with Crippen LogP contribution in [0.25, 0.3) is 0 Å². The normalized spacial score (nSPS) is 13.3. The second-order valence-corrected chi connectivity index (χ2v) is 2.49. The first-order valence-corrected chi connectivity index (χ1v) is 3.85. The first-order chi connectivity index (χ1) is 4.81. The zero-order chi connectivity index (χ0) is 7.82. The molecule has 0 saturated carbocycles. The summed E-state index contributed by atoms with van der Waals surface area (Å²) in [7, 11) is 0. The smallest absolute Gasteiger partial charge is 0.0652 e. The fourth-order valence-electron chi connectivity index (χ4n) is 0.695. The van der Waals surface area contributed by atoms with E-state index in [0.717, 1.165) is 19.3 Å². The molecule has 0 amide bonds. The number of hydrogen-bond donors (Lipinski definition) is 0. The Balaban J connectivity index is 3.21. The van der Waals surface area contributed by atoms with Crippen LogP contribution in [-0.4, -0.2) is 0 Å². The van der Waals surface area contributed by atoms with Gasteiger partial charge in [0.1, 0.15) is 0 Å². The van der Waals surface area contributed by atoms with Crippen LogP contribution in [-0.2, 0) is 0 Å². The second kappa shape index (κ2) is 6.35. The molecule has 0 aromatic rings. The molecule has 0 heterocycles. The molecule has 0 aliphatic heterocycles. The summed E-state index contributed by atoms with van der Waals surface area (Å²) in [6.45, 7) is 4.07. The van der Waals surface area contributed by atoms with Crippen molar-refractivity contribution in [3.05, 3.63) is 12.2 Å². The number of nitriles is 1. The Morgan fingerprint density at radius 1 is 1.50 bits per heavy atom. The monoisotopic (exact) mass is 137 g/mol. The van der Waals surface area contributed by atoms with E-state index >= 15 is 0 Å². The maximum Gasteiger partial charge on any atom is 0.0652 e. The predicted molar refractivity (Wildman–Crippen MR) is 43.4 cm³/mol. The number of rotatable bonds is 4. The van der Waals surface area contributed by atoms with Gasteiger partial charge >= 0.3 is 0 Å². The maximum atomic E-state index is 8.42. The fourth-order valence-corrected chi connectivity index (χ4v) is 0.695. The zero-order valence-electron chi connectivity index (χ0n) is 6.80. The topological polar surface area (TPSA) is 23.8 Å². The molecule has 0 bridgehead atoms. The van der Waals surface area contributed by atoms with E-state index in [1.165, 1.54) is 0 Å². The summed E-state index contributed by atoms with van der Waals surface area (Å²) in [6, 6.07) is 2.21. The van der Waals surface area contributed by atoms with Gasteiger partial charge in [0.2, 0.25) is 0 Å². The number of nitrogens with zero attached hydrogens (tertiary/aromatic N) is 1. The molecule has 56 valence electrons. The molecule has 0 spiro atoms. The third-order valence-electron chi connectivity index (χ3n) is 1.39. The lowest BCUT2D eigenvalue weighted by Gasteiger charge is -1.95. The first-order valence-electron chi connectivity index (χ1n) is 3.85. The van der Waals surface area contributed by atoms with Gasteiger partial charge < -0.3 is 0 Å². The van der Waals surface area contributed by atoms with E-state index in [1.54, 1.807) is 0 Å². The van der Waals surface area contributed by atoms with Crippen molar-refractivity contribution in [2.45, 2.75) is 33.1 Å². The maximum absolute atomic E-state index is 8.42. The van der Waals surface area contributed by atoms with Gasteiger partial charge in [-0.2, -0.15) is 5.26 Å². The van der Waals surface area contributed by atoms with Crippen LogP contribution in [0.2, 0.25) is 0 Å². The van der Waals surface area contributed by atoms with Gasteiger partial charge in [-0.1, -0.05) is 19.1 Å². The molecule has 0 aliphatic carbocycles. The van der Waals surface area contributed by atoms with Gasteiger partial charge in [0.15, 0.2) is 0 Å². The van der Waals surface area contributed by atoms with Crippen LogP contribution in [0.15, 0.2) is 12.2 Å². The standard InChI is InChI=1S/C9H15N/c1-3-4-5-6-7-9(2)8-10/h4-5,9H,3,6-7H2,1-2H3/b5-4-. The van der Waals surface area contributed by atoms with Gasteiger partial charge in [-0.25, -0.2) is 0 Å². The lowest BCUT2D eigenvalue weighted by Crippen LogP contribution is -1.86. The molecule has 0 aliphatic rings. The fraction of sp³-hybridized carbons (Fsp3) is 0.667. The molecule has 10 heavy (non-hydrogen) atoms. The van der Waals surface area contributed by atoms with E-state index in [4.69, 9.17) is 5.26 Å². The van der Waals surface area contributed by atoms with E-state index in [2.05, 4.69) is 25.1 Å². The van der Waals surface area contributed by atoms with Crippen molar-refractivity contribution < 1.29 is 0 Å². The Hall–Kier alpha value is -0.770. The summed E-state index contributed by atoms with van der Waals surface area (Å²) in [5.74, 6) is 0.210. The lowest BCUT2D eigenvalue weighted by atomic mass is 10.1. The Morgan fingerprint density at radius 2 is 2.20 bits per heavy atom. The summed E-state index contributed by atoms with van der Waals surface area (Å²) < 4.78 is 0. The van der Waals surface area contributed by atoms with Gasteiger partial charge in [-0.3, -0.25) is 0 Å². The van der Waals surface area contributed by atoms with Gasteiger partial charge in [0, 0.05) is 5.92 Å². The summed E-state index contributed by atoms with van der Waals surface area (Å²) in [5, 5.41) is 8.42. The molecule has 1 nitrogen and oxygen atoms in total.